The minimum atomic E-state index is -3.50. The van der Waals surface area contributed by atoms with Crippen molar-refractivity contribution in [2.75, 3.05) is 21.3 Å². The van der Waals surface area contributed by atoms with E-state index in [-0.39, 0.29) is 11.9 Å². The molecule has 0 bridgehead atoms. The molecule has 0 saturated heterocycles. The molecule has 0 unspecified atom stereocenters. The lowest BCUT2D eigenvalue weighted by Gasteiger charge is -2.31. The zero-order valence-corrected chi connectivity index (χ0v) is 22.6. The molecule has 0 saturated carbocycles. The summed E-state index contributed by atoms with van der Waals surface area (Å²) in [4.78, 5) is 13.1. The first kappa shape index (κ1) is 28.8. The Labute approximate surface area is 199 Å². The van der Waals surface area contributed by atoms with Gasteiger partial charge in [0.15, 0.2) is 21.3 Å². The van der Waals surface area contributed by atoms with Gasteiger partial charge in [0.25, 0.3) is 0 Å². The number of carbonyl (C=O) groups is 1. The highest BCUT2D eigenvalue weighted by atomic mass is 32.2. The molecular weight excluding hydrogens is 444 g/mol. The van der Waals surface area contributed by atoms with Crippen molar-refractivity contribution in [1.82, 2.24) is 0 Å². The number of rotatable bonds is 9. The van der Waals surface area contributed by atoms with Gasteiger partial charge in [-0.3, -0.25) is 4.79 Å². The van der Waals surface area contributed by atoms with Crippen LogP contribution in [0.5, 0.6) is 17.2 Å². The van der Waals surface area contributed by atoms with E-state index in [9.17, 15) is 13.2 Å². The van der Waals surface area contributed by atoms with Crippen LogP contribution in [0.2, 0.25) is 0 Å². The maximum atomic E-state index is 13.1. The molecular formula is C25H40O7S. The third-order valence-electron chi connectivity index (χ3n) is 5.39. The Bertz CT molecular complexity index is 950. The Morgan fingerprint density at radius 3 is 1.79 bits per heavy atom. The van der Waals surface area contributed by atoms with Crippen LogP contribution in [-0.2, 0) is 19.4 Å². The minimum Gasteiger partial charge on any atom is -0.496 e. The summed E-state index contributed by atoms with van der Waals surface area (Å²) in [7, 11) is 1.09. The fraction of sp³-hybridized carbons (Fsp3) is 0.640. The number of hydrogen-bond donors (Lipinski definition) is 0. The summed E-state index contributed by atoms with van der Waals surface area (Å²) in [6.07, 6.45) is 1.63. The highest BCUT2D eigenvalue weighted by Gasteiger charge is 2.36. The quantitative estimate of drug-likeness (QED) is 0.449. The van der Waals surface area contributed by atoms with Crippen LogP contribution in [0.25, 0.3) is 0 Å². The number of sulfone groups is 1. The fourth-order valence-corrected chi connectivity index (χ4v) is 4.28. The summed E-state index contributed by atoms with van der Waals surface area (Å²) in [5.41, 5.74) is 0.0329. The monoisotopic (exact) mass is 484 g/mol. The molecule has 188 valence electrons. The molecule has 33 heavy (non-hydrogen) atoms. The van der Waals surface area contributed by atoms with Gasteiger partial charge < -0.3 is 18.9 Å². The van der Waals surface area contributed by atoms with Crippen LogP contribution in [0, 0.1) is 11.8 Å². The topological polar surface area (TPSA) is 88.1 Å². The summed E-state index contributed by atoms with van der Waals surface area (Å²) >= 11 is 0. The molecule has 0 aliphatic heterocycles. The van der Waals surface area contributed by atoms with Crippen LogP contribution in [0.3, 0.4) is 0 Å². The van der Waals surface area contributed by atoms with E-state index < -0.39 is 32.0 Å². The van der Waals surface area contributed by atoms with E-state index in [1.54, 1.807) is 45.9 Å². The number of methoxy groups -OCH3 is 3. The SMILES string of the molecule is COc1cc(OC)c([C@@H]([C@@H](C)/C=C/S(=O)(=O)C(C)(C)C)[C@@H](C)C(=O)OC(C)(C)C)cc1OC. The van der Waals surface area contributed by atoms with Crippen LogP contribution >= 0.6 is 0 Å². The standard InChI is InChI=1S/C25H40O7S/c1-16(12-13-33(27,28)25(6,7)8)22(17(2)23(26)32-24(3,4)5)18-14-20(30-10)21(31-11)15-19(18)29-9/h12-17,22H,1-11H3/b13-12+/t16-,17+,22-/m0/s1. The largest absolute Gasteiger partial charge is 0.496 e. The van der Waals surface area contributed by atoms with Gasteiger partial charge in [-0.2, -0.15) is 0 Å². The van der Waals surface area contributed by atoms with E-state index in [2.05, 4.69) is 0 Å². The number of carbonyl (C=O) groups excluding carboxylic acids is 1. The van der Waals surface area contributed by atoms with Gasteiger partial charge in [0.05, 0.1) is 32.0 Å². The van der Waals surface area contributed by atoms with Gasteiger partial charge in [0.1, 0.15) is 11.4 Å². The van der Waals surface area contributed by atoms with Crippen molar-refractivity contribution < 1.29 is 32.2 Å². The van der Waals surface area contributed by atoms with Crippen LogP contribution in [0.15, 0.2) is 23.6 Å². The first-order chi connectivity index (χ1) is 15.0. The molecule has 0 aliphatic rings. The average Bonchev–Trinajstić information content (AvgIpc) is 2.69. The molecule has 8 heteroatoms. The molecule has 0 radical (unpaired) electrons. The van der Waals surface area contributed by atoms with Crippen molar-refractivity contribution in [2.45, 2.75) is 71.7 Å². The molecule has 0 N–H and O–H groups in total. The van der Waals surface area contributed by atoms with E-state index in [1.165, 1.54) is 26.7 Å². The van der Waals surface area contributed by atoms with Crippen molar-refractivity contribution in [2.24, 2.45) is 11.8 Å². The van der Waals surface area contributed by atoms with Gasteiger partial charge in [-0.05, 0) is 53.5 Å². The summed E-state index contributed by atoms with van der Waals surface area (Å²) in [6, 6.07) is 3.47. The van der Waals surface area contributed by atoms with Gasteiger partial charge >= 0.3 is 5.97 Å². The van der Waals surface area contributed by atoms with Gasteiger partial charge in [0, 0.05) is 23.0 Å². The van der Waals surface area contributed by atoms with E-state index in [0.717, 1.165) is 0 Å². The van der Waals surface area contributed by atoms with Crippen LogP contribution in [0.4, 0.5) is 0 Å². The lowest BCUT2D eigenvalue weighted by molar-refractivity contribution is -0.160. The number of hydrogen-bond acceptors (Lipinski definition) is 7. The molecule has 7 nitrogen and oxygen atoms in total. The molecule has 3 atom stereocenters. The molecule has 0 heterocycles. The predicted octanol–water partition coefficient (Wildman–Crippen LogP) is 5.14. The highest BCUT2D eigenvalue weighted by molar-refractivity contribution is 7.95. The van der Waals surface area contributed by atoms with Crippen LogP contribution < -0.4 is 14.2 Å². The normalized spacial score (nSPS) is 15.6. The highest BCUT2D eigenvalue weighted by Crippen LogP contribution is 2.44. The smallest absolute Gasteiger partial charge is 0.309 e. The Morgan fingerprint density at radius 2 is 1.36 bits per heavy atom. The minimum absolute atomic E-state index is 0.350. The lowest BCUT2D eigenvalue weighted by Crippen LogP contribution is -2.32. The molecule has 1 aromatic rings. The van der Waals surface area contributed by atoms with E-state index >= 15 is 0 Å². The molecule has 1 aromatic carbocycles. The maximum absolute atomic E-state index is 13.1. The lowest BCUT2D eigenvalue weighted by atomic mass is 9.77. The number of benzene rings is 1. The summed E-state index contributed by atoms with van der Waals surface area (Å²) in [5.74, 6) is -0.324. The number of allylic oxidation sites excluding steroid dienone is 1. The second-order valence-corrected chi connectivity index (χ2v) is 12.7. The first-order valence-electron chi connectivity index (χ1n) is 10.9. The fourth-order valence-electron chi connectivity index (χ4n) is 3.41. The van der Waals surface area contributed by atoms with Crippen molar-refractivity contribution in [3.8, 4) is 17.2 Å². The number of esters is 1. The van der Waals surface area contributed by atoms with Gasteiger partial charge in [-0.1, -0.05) is 19.9 Å². The Hall–Kier alpha value is -2.22. The van der Waals surface area contributed by atoms with Gasteiger partial charge in [-0.25, -0.2) is 8.42 Å². The molecule has 0 fully saturated rings. The van der Waals surface area contributed by atoms with Crippen molar-refractivity contribution in [3.63, 3.8) is 0 Å². The zero-order valence-electron chi connectivity index (χ0n) is 21.8. The van der Waals surface area contributed by atoms with Crippen molar-refractivity contribution in [1.29, 1.82) is 0 Å². The third-order valence-corrected chi connectivity index (χ3v) is 7.62. The molecule has 0 amide bonds. The van der Waals surface area contributed by atoms with E-state index in [4.69, 9.17) is 18.9 Å². The average molecular weight is 485 g/mol. The second kappa shape index (κ2) is 10.8. The second-order valence-electron chi connectivity index (χ2n) is 10.1. The van der Waals surface area contributed by atoms with Crippen LogP contribution in [-0.4, -0.2) is 46.1 Å². The van der Waals surface area contributed by atoms with Crippen molar-refractivity contribution >= 4 is 15.8 Å². The van der Waals surface area contributed by atoms with Crippen molar-refractivity contribution in [3.05, 3.63) is 29.2 Å². The summed E-state index contributed by atoms with van der Waals surface area (Å²) in [5, 5.41) is 1.24. The summed E-state index contributed by atoms with van der Waals surface area (Å²) < 4.78 is 46.5. The van der Waals surface area contributed by atoms with E-state index in [1.807, 2.05) is 27.7 Å². The Kier molecular flexibility index (Phi) is 9.43. The first-order valence-corrected chi connectivity index (χ1v) is 12.5. The maximum Gasteiger partial charge on any atom is 0.309 e. The Morgan fingerprint density at radius 1 is 0.879 bits per heavy atom. The van der Waals surface area contributed by atoms with E-state index in [0.29, 0.717) is 22.8 Å². The third kappa shape index (κ3) is 7.39. The summed E-state index contributed by atoms with van der Waals surface area (Å²) in [6.45, 7) is 14.0. The molecule has 1 rings (SSSR count). The van der Waals surface area contributed by atoms with Gasteiger partial charge in [-0.15, -0.1) is 0 Å². The number of ether oxygens (including phenoxy) is 4. The molecule has 0 aliphatic carbocycles. The molecule has 0 aromatic heterocycles. The Balaban J connectivity index is 3.66. The van der Waals surface area contributed by atoms with Crippen LogP contribution in [0.1, 0.15) is 66.9 Å². The molecule has 0 spiro atoms. The predicted molar refractivity (Wildman–Crippen MR) is 131 cm³/mol. The zero-order chi connectivity index (χ0) is 25.8. The van der Waals surface area contributed by atoms with Gasteiger partial charge in [0.2, 0.25) is 0 Å².